The van der Waals surface area contributed by atoms with Crippen LogP contribution in [-0.4, -0.2) is 29.1 Å². The number of benzene rings is 2. The molecular weight excluding hydrogens is 397 g/mol. The van der Waals surface area contributed by atoms with Gasteiger partial charge in [-0.1, -0.05) is 0 Å². The third-order valence-corrected chi connectivity index (χ3v) is 3.58. The van der Waals surface area contributed by atoms with Crippen molar-refractivity contribution in [2.75, 3.05) is 17.2 Å². The van der Waals surface area contributed by atoms with E-state index in [2.05, 4.69) is 10.6 Å². The summed E-state index contributed by atoms with van der Waals surface area (Å²) in [5, 5.41) is 16.1. The molecule has 0 aliphatic heterocycles. The monoisotopic (exact) mass is 419 g/mol. The zero-order valence-corrected chi connectivity index (χ0v) is 16.9. The molecule has 0 fully saturated rings. The van der Waals surface area contributed by atoms with Crippen LogP contribution in [0.15, 0.2) is 36.4 Å². The fourth-order valence-corrected chi connectivity index (χ4v) is 2.42. The van der Waals surface area contributed by atoms with Gasteiger partial charge in [-0.05, 0) is 58.0 Å². The van der Waals surface area contributed by atoms with Gasteiger partial charge in [0.1, 0.15) is 11.4 Å². The van der Waals surface area contributed by atoms with Crippen molar-refractivity contribution in [3.05, 3.63) is 57.9 Å². The molecule has 0 aliphatic carbocycles. The molecule has 0 atom stereocenters. The predicted octanol–water partition coefficient (Wildman–Crippen LogP) is 4.73. The fraction of sp³-hybridized carbons (Fsp3) is 0.300. The van der Waals surface area contributed by atoms with Crippen molar-refractivity contribution in [1.82, 2.24) is 0 Å². The van der Waals surface area contributed by atoms with Crippen LogP contribution in [0, 0.1) is 15.9 Å². The first-order valence-electron chi connectivity index (χ1n) is 9.02. The molecule has 30 heavy (non-hydrogen) atoms. The minimum Gasteiger partial charge on any atom is -0.487 e. The summed E-state index contributed by atoms with van der Waals surface area (Å²) >= 11 is 0. The molecule has 0 saturated carbocycles. The van der Waals surface area contributed by atoms with Crippen molar-refractivity contribution < 1.29 is 28.4 Å². The Bertz CT molecular complexity index is 971. The van der Waals surface area contributed by atoms with E-state index >= 15 is 0 Å². The van der Waals surface area contributed by atoms with Crippen LogP contribution in [0.5, 0.6) is 5.75 Å². The maximum Gasteiger partial charge on any atom is 0.412 e. The molecule has 0 radical (unpaired) electrons. The number of ether oxygens (including phenoxy) is 2. The third kappa shape index (κ3) is 6.16. The van der Waals surface area contributed by atoms with E-state index in [9.17, 15) is 24.1 Å². The third-order valence-electron chi connectivity index (χ3n) is 3.58. The van der Waals surface area contributed by atoms with Crippen molar-refractivity contribution in [2.24, 2.45) is 0 Å². The summed E-state index contributed by atoms with van der Waals surface area (Å²) in [6, 6.07) is 7.07. The first-order chi connectivity index (χ1) is 14.0. The normalized spacial score (nSPS) is 10.8. The van der Waals surface area contributed by atoms with Gasteiger partial charge >= 0.3 is 11.8 Å². The first kappa shape index (κ1) is 22.6. The number of nitro groups is 1. The highest BCUT2D eigenvalue weighted by Crippen LogP contribution is 2.29. The number of hydrogen-bond acceptors (Lipinski definition) is 6. The minimum atomic E-state index is -0.790. The lowest BCUT2D eigenvalue weighted by Crippen LogP contribution is -2.27. The van der Waals surface area contributed by atoms with Gasteiger partial charge in [0.05, 0.1) is 22.9 Å². The number of carbonyl (C=O) groups excluding carboxylic acids is 2. The van der Waals surface area contributed by atoms with Gasteiger partial charge in [0.15, 0.2) is 5.75 Å². The highest BCUT2D eigenvalue weighted by atomic mass is 19.1. The number of nitrogens with zero attached hydrogens (tertiary/aromatic N) is 1. The van der Waals surface area contributed by atoms with E-state index in [1.54, 1.807) is 27.7 Å². The van der Waals surface area contributed by atoms with E-state index < -0.39 is 28.3 Å². The summed E-state index contributed by atoms with van der Waals surface area (Å²) < 4.78 is 24.0. The molecule has 0 aromatic heterocycles. The lowest BCUT2D eigenvalue weighted by molar-refractivity contribution is -0.385. The van der Waals surface area contributed by atoms with Crippen LogP contribution in [0.4, 0.5) is 26.2 Å². The summed E-state index contributed by atoms with van der Waals surface area (Å²) in [6.45, 7) is 6.93. The average Bonchev–Trinajstić information content (AvgIpc) is 2.62. The largest absolute Gasteiger partial charge is 0.487 e. The number of halogens is 1. The molecule has 9 nitrogen and oxygen atoms in total. The van der Waals surface area contributed by atoms with Crippen LogP contribution in [0.1, 0.15) is 38.1 Å². The molecule has 0 heterocycles. The van der Waals surface area contributed by atoms with Gasteiger partial charge in [-0.3, -0.25) is 20.2 Å². The maximum atomic E-state index is 13.7. The molecule has 2 N–H and O–H groups in total. The van der Waals surface area contributed by atoms with E-state index in [0.29, 0.717) is 0 Å². The van der Waals surface area contributed by atoms with Gasteiger partial charge in [-0.2, -0.15) is 0 Å². The number of nitrogens with one attached hydrogen (secondary N) is 2. The Hall–Kier alpha value is -3.69. The van der Waals surface area contributed by atoms with E-state index in [1.807, 2.05) is 0 Å². The number of carbonyl (C=O) groups is 2. The highest BCUT2D eigenvalue weighted by molar-refractivity contribution is 6.07. The summed E-state index contributed by atoms with van der Waals surface area (Å²) in [5.41, 5.74) is -1.12. The van der Waals surface area contributed by atoms with Crippen molar-refractivity contribution >= 4 is 29.1 Å². The van der Waals surface area contributed by atoms with E-state index in [4.69, 9.17) is 9.47 Å². The smallest absolute Gasteiger partial charge is 0.412 e. The lowest BCUT2D eigenvalue weighted by atomic mass is 10.1. The van der Waals surface area contributed by atoms with Gasteiger partial charge in [-0.15, -0.1) is 0 Å². The van der Waals surface area contributed by atoms with E-state index in [-0.39, 0.29) is 35.0 Å². The molecule has 0 unspecified atom stereocenters. The van der Waals surface area contributed by atoms with Crippen LogP contribution < -0.4 is 15.4 Å². The summed E-state index contributed by atoms with van der Waals surface area (Å²) in [6.07, 6.45) is -0.790. The van der Waals surface area contributed by atoms with E-state index in [0.717, 1.165) is 18.2 Å². The van der Waals surface area contributed by atoms with Crippen LogP contribution in [0.2, 0.25) is 0 Å². The van der Waals surface area contributed by atoms with Crippen LogP contribution in [0.25, 0.3) is 0 Å². The van der Waals surface area contributed by atoms with Gasteiger partial charge in [0.2, 0.25) is 0 Å². The molecule has 0 bridgehead atoms. The Kier molecular flexibility index (Phi) is 6.93. The number of anilines is 2. The Morgan fingerprint density at radius 3 is 2.40 bits per heavy atom. The highest BCUT2D eigenvalue weighted by Gasteiger charge is 2.21. The molecule has 0 spiro atoms. The summed E-state index contributed by atoms with van der Waals surface area (Å²) in [7, 11) is 0. The van der Waals surface area contributed by atoms with Crippen LogP contribution >= 0.6 is 0 Å². The number of amides is 2. The molecule has 0 aliphatic rings. The maximum absolute atomic E-state index is 13.7. The zero-order chi connectivity index (χ0) is 22.5. The van der Waals surface area contributed by atoms with Gasteiger partial charge < -0.3 is 14.8 Å². The molecule has 160 valence electrons. The van der Waals surface area contributed by atoms with Gasteiger partial charge in [0.25, 0.3) is 5.91 Å². The Labute approximate surface area is 172 Å². The van der Waals surface area contributed by atoms with Gasteiger partial charge in [-0.25, -0.2) is 9.18 Å². The lowest BCUT2D eigenvalue weighted by Gasteiger charge is -2.20. The van der Waals surface area contributed by atoms with Crippen molar-refractivity contribution in [2.45, 2.75) is 33.3 Å². The predicted molar refractivity (Wildman–Crippen MR) is 108 cm³/mol. The van der Waals surface area contributed by atoms with E-state index in [1.165, 1.54) is 18.2 Å². The number of rotatable bonds is 6. The molecular formula is C20H22FN3O6. The summed E-state index contributed by atoms with van der Waals surface area (Å²) in [4.78, 5) is 35.2. The first-order valence-corrected chi connectivity index (χ1v) is 9.02. The quantitative estimate of drug-likeness (QED) is 0.516. The molecule has 2 amide bonds. The van der Waals surface area contributed by atoms with Crippen LogP contribution in [-0.2, 0) is 4.74 Å². The molecule has 2 aromatic carbocycles. The second-order valence-electron chi connectivity index (χ2n) is 7.14. The Morgan fingerprint density at radius 2 is 1.80 bits per heavy atom. The second kappa shape index (κ2) is 9.21. The SMILES string of the molecule is CCOc1ccc(C(=O)Nc2cc(F)ccc2NC(=O)OC(C)(C)C)cc1[N+](=O)[O-]. The number of hydrogen-bond donors (Lipinski definition) is 2. The van der Waals surface area contributed by atoms with Crippen molar-refractivity contribution in [3.63, 3.8) is 0 Å². The topological polar surface area (TPSA) is 120 Å². The fourth-order valence-electron chi connectivity index (χ4n) is 2.42. The molecule has 0 saturated heterocycles. The Balaban J connectivity index is 2.28. The summed E-state index contributed by atoms with van der Waals surface area (Å²) in [5.74, 6) is -1.37. The molecule has 10 heteroatoms. The standard InChI is InChI=1S/C20H22FN3O6/c1-5-29-17-9-6-12(10-16(17)24(27)28)18(25)22-15-11-13(21)7-8-14(15)23-19(26)30-20(2,3)4/h6-11H,5H2,1-4H3,(H,22,25)(H,23,26). The van der Waals surface area contributed by atoms with Crippen LogP contribution in [0.3, 0.4) is 0 Å². The average molecular weight is 419 g/mol. The zero-order valence-electron chi connectivity index (χ0n) is 16.9. The second-order valence-corrected chi connectivity index (χ2v) is 7.14. The van der Waals surface area contributed by atoms with Crippen molar-refractivity contribution in [3.8, 4) is 5.75 Å². The number of nitro benzene ring substituents is 1. The Morgan fingerprint density at radius 1 is 1.10 bits per heavy atom. The molecule has 2 rings (SSSR count). The van der Waals surface area contributed by atoms with Gasteiger partial charge in [0, 0.05) is 11.6 Å². The molecule has 2 aromatic rings. The van der Waals surface area contributed by atoms with Crippen molar-refractivity contribution in [1.29, 1.82) is 0 Å². The minimum absolute atomic E-state index is 0.0251.